The maximum atomic E-state index is 14.0. The Kier molecular flexibility index (Phi) is 40.4. The Hall–Kier alpha value is -10.1. The molecule has 1 unspecified atom stereocenters. The minimum atomic E-state index is -2.24. The molecule has 0 spiro atoms. The standard InChI is InChI=1S/C48H79N19O25S2/c49-20(13-30(68)69)36(80)59-23(6-3-9-57-46(51)52)39(83)63-27(17-34(76)77)43(87)62-25(15-32(72)73)38(82)56-8-2-1-5-22(41(85)66-29(45(89)90)19-94-93-12-11-92-48(91)67-55)61-42(86)26(16-33(74)75)65-44(88)28(18-35(78)79)64-40(84)24(7-4-10-58-47(53)54)60-37(81)21(50)14-31(70)71/h20-29H,1-19,49-50,55H2,(H,56,82)(H,59,80)(H,60,81)(H,61,86)(H,62,87)(H,63,83)(H,64,84)(H,65,88)(H,66,85)(H,67,91)(H,68,69)(H,70,71)(H,72,73)(H,74,75)(H,76,77)(H,78,79)(H,89,90)(H4,51,52,57)(H4,53,54,58)/t20-,21-,22?,23-,24-,25-,26-,27-,28-,29+/m0/s1. The number of nitrogens with two attached hydrogens (primary N) is 7. The molecule has 0 aliphatic rings. The largest absolute Gasteiger partial charge is 0.481 e. The van der Waals surface area contributed by atoms with Gasteiger partial charge in [-0.3, -0.25) is 87.3 Å². The van der Waals surface area contributed by atoms with Crippen molar-refractivity contribution in [2.24, 2.45) is 50.2 Å². The van der Waals surface area contributed by atoms with Crippen LogP contribution in [0.3, 0.4) is 0 Å². The molecule has 0 saturated heterocycles. The molecule has 10 atom stereocenters. The van der Waals surface area contributed by atoms with E-state index in [4.69, 9.17) is 55.2 Å². The Morgan fingerprint density at radius 2 is 0.691 bits per heavy atom. The number of hydrogen-bond donors (Lipinski definition) is 24. The summed E-state index contributed by atoms with van der Waals surface area (Å²) in [5, 5.41) is 86.1. The normalized spacial score (nSPS) is 13.9. The van der Waals surface area contributed by atoms with E-state index < -0.39 is 219 Å². The van der Waals surface area contributed by atoms with Crippen LogP contribution in [0, 0.1) is 0 Å². The fourth-order valence-corrected chi connectivity index (χ4v) is 9.45. The van der Waals surface area contributed by atoms with E-state index in [0.29, 0.717) is 0 Å². The van der Waals surface area contributed by atoms with Crippen molar-refractivity contribution in [2.75, 3.05) is 37.7 Å². The average molecular weight is 1390 g/mol. The van der Waals surface area contributed by atoms with Gasteiger partial charge >= 0.3 is 47.9 Å². The number of aliphatic carboxylic acids is 7. The smallest absolute Gasteiger partial charge is 0.421 e. The third kappa shape index (κ3) is 37.9. The number of ether oxygens (including phenoxy) is 1. The third-order valence-corrected chi connectivity index (χ3v) is 14.3. The van der Waals surface area contributed by atoms with Gasteiger partial charge in [-0.05, 0) is 44.9 Å². The van der Waals surface area contributed by atoms with E-state index >= 15 is 0 Å². The summed E-state index contributed by atoms with van der Waals surface area (Å²) in [5.41, 5.74) is 34.2. The Balaban J connectivity index is 6.92. The maximum Gasteiger partial charge on any atom is 0.421 e. The van der Waals surface area contributed by atoms with Crippen LogP contribution in [0.1, 0.15) is 83.5 Å². The second kappa shape index (κ2) is 45.2. The summed E-state index contributed by atoms with van der Waals surface area (Å²) in [5.74, 6) is -19.5. The lowest BCUT2D eigenvalue weighted by atomic mass is 10.1. The predicted octanol–water partition coefficient (Wildman–Crippen LogP) is -10.2. The Labute approximate surface area is 540 Å². The van der Waals surface area contributed by atoms with Crippen molar-refractivity contribution in [1.82, 2.24) is 53.3 Å². The molecule has 31 N–H and O–H groups in total. The second-order valence-corrected chi connectivity index (χ2v) is 22.3. The number of guanidine groups is 2. The van der Waals surface area contributed by atoms with E-state index in [-0.39, 0.29) is 75.9 Å². The van der Waals surface area contributed by atoms with Crippen molar-refractivity contribution in [3.8, 4) is 0 Å². The monoisotopic (exact) mass is 1390 g/mol. The Morgan fingerprint density at radius 1 is 0.383 bits per heavy atom. The van der Waals surface area contributed by atoms with Gasteiger partial charge in [-0.15, -0.1) is 0 Å². The van der Waals surface area contributed by atoms with E-state index in [1.807, 2.05) is 10.6 Å². The summed E-state index contributed by atoms with van der Waals surface area (Å²) < 4.78 is 4.73. The summed E-state index contributed by atoms with van der Waals surface area (Å²) in [4.78, 5) is 223. The number of hydrogen-bond acceptors (Lipinski definition) is 25. The van der Waals surface area contributed by atoms with Crippen LogP contribution in [0.2, 0.25) is 0 Å². The van der Waals surface area contributed by atoms with Gasteiger partial charge in [-0.2, -0.15) is 0 Å². The molecule has 0 aromatic rings. The number of nitrogens with zero attached hydrogens (tertiary/aromatic N) is 2. The Morgan fingerprint density at radius 3 is 1.02 bits per heavy atom. The molecular formula is C48H79N19O25S2. The highest BCUT2D eigenvalue weighted by Crippen LogP contribution is 2.22. The highest BCUT2D eigenvalue weighted by Gasteiger charge is 2.37. The number of unbranched alkanes of at least 4 members (excludes halogenated alkanes) is 1. The van der Waals surface area contributed by atoms with Gasteiger partial charge in [0.1, 0.15) is 54.9 Å². The van der Waals surface area contributed by atoms with Gasteiger partial charge in [-0.1, -0.05) is 21.6 Å². The van der Waals surface area contributed by atoms with Crippen LogP contribution in [0.15, 0.2) is 9.98 Å². The van der Waals surface area contributed by atoms with Crippen molar-refractivity contribution >= 4 is 135 Å². The van der Waals surface area contributed by atoms with Crippen LogP contribution in [0.5, 0.6) is 0 Å². The van der Waals surface area contributed by atoms with Crippen LogP contribution in [-0.4, -0.2) is 247 Å². The van der Waals surface area contributed by atoms with Gasteiger partial charge in [0.15, 0.2) is 11.9 Å². The molecule has 44 nitrogen and oxygen atoms in total. The number of hydrazine groups is 1. The summed E-state index contributed by atoms with van der Waals surface area (Å²) >= 11 is 0. The van der Waals surface area contributed by atoms with E-state index in [1.165, 1.54) is 0 Å². The fraction of sp³-hybridized carbons (Fsp3) is 0.604. The van der Waals surface area contributed by atoms with Crippen LogP contribution >= 0.6 is 21.6 Å². The molecule has 46 heteroatoms. The number of carbonyl (C=O) groups excluding carboxylic acids is 10. The average Bonchev–Trinajstić information content (AvgIpc) is 1.01. The lowest BCUT2D eigenvalue weighted by Crippen LogP contribution is -2.60. The molecule has 0 saturated carbocycles. The summed E-state index contributed by atoms with van der Waals surface area (Å²) in [7, 11) is 1.85. The molecule has 0 aromatic carbocycles. The van der Waals surface area contributed by atoms with Gasteiger partial charge in [-0.25, -0.2) is 15.4 Å². The minimum Gasteiger partial charge on any atom is -0.481 e. The summed E-state index contributed by atoms with van der Waals surface area (Å²) in [6, 6.07) is -18.9. The molecule has 528 valence electrons. The lowest BCUT2D eigenvalue weighted by Gasteiger charge is -2.26. The molecule has 10 amide bonds. The van der Waals surface area contributed by atoms with Crippen molar-refractivity contribution in [3.63, 3.8) is 0 Å². The number of nitrogens with one attached hydrogen (secondary N) is 10. The SMILES string of the molecule is NNC(=O)OCCSSC[C@@H](NC(=O)C(CCCCNC(=O)[C@H](CC(=O)O)NC(=O)[C@H](CC(=O)O)NC(=O)[C@H](CCCN=C(N)N)NC(=O)[C@@H](N)CC(=O)O)NC(=O)[C@H](CC(=O)O)NC(=O)[C@H](CC(=O)O)NC(=O)[C@H](CCCN=C(N)N)NC(=O)[C@@H](N)CC(=O)O)C(=O)O. The number of carboxylic acids is 7. The lowest BCUT2D eigenvalue weighted by molar-refractivity contribution is -0.144. The zero-order valence-electron chi connectivity index (χ0n) is 49.9. The highest BCUT2D eigenvalue weighted by molar-refractivity contribution is 8.76. The van der Waals surface area contributed by atoms with E-state index in [9.17, 15) is 107 Å². The van der Waals surface area contributed by atoms with Crippen LogP contribution in [0.25, 0.3) is 0 Å². The van der Waals surface area contributed by atoms with Crippen LogP contribution in [-0.2, 0) is 81.4 Å². The molecule has 0 fully saturated rings. The molecule has 0 aliphatic heterocycles. The summed E-state index contributed by atoms with van der Waals surface area (Å²) in [6.45, 7) is -0.922. The molecule has 0 rings (SSSR count). The first-order chi connectivity index (χ1) is 44.0. The van der Waals surface area contributed by atoms with Crippen LogP contribution in [0.4, 0.5) is 4.79 Å². The third-order valence-electron chi connectivity index (χ3n) is 12.0. The van der Waals surface area contributed by atoms with Gasteiger partial charge in [0.05, 0.1) is 50.6 Å². The molecule has 0 radical (unpaired) electrons. The zero-order chi connectivity index (χ0) is 71.8. The first kappa shape index (κ1) is 83.9. The fourth-order valence-electron chi connectivity index (χ4n) is 7.47. The second-order valence-electron chi connectivity index (χ2n) is 19.7. The summed E-state index contributed by atoms with van der Waals surface area (Å²) in [6.07, 6.45) is -9.55. The zero-order valence-corrected chi connectivity index (χ0v) is 51.6. The number of rotatable bonds is 49. The number of carboxylic acid groups (broad SMARTS) is 7. The van der Waals surface area contributed by atoms with Crippen molar-refractivity contribution in [1.29, 1.82) is 0 Å². The van der Waals surface area contributed by atoms with E-state index in [2.05, 4.69) is 47.2 Å². The van der Waals surface area contributed by atoms with Crippen molar-refractivity contribution in [3.05, 3.63) is 0 Å². The van der Waals surface area contributed by atoms with Gasteiger partial charge in [0.25, 0.3) is 0 Å². The quantitative estimate of drug-likeness (QED) is 0.00511. The first-order valence-electron chi connectivity index (χ1n) is 27.7. The minimum absolute atomic E-state index is 0.0435. The molecule has 94 heavy (non-hydrogen) atoms. The topological polar surface area (TPSA) is 768 Å². The molecule has 0 bridgehead atoms. The van der Waals surface area contributed by atoms with Crippen molar-refractivity contribution < 1.29 is 122 Å². The van der Waals surface area contributed by atoms with E-state index in [0.717, 1.165) is 21.6 Å². The molecule has 0 aliphatic carbocycles. The van der Waals surface area contributed by atoms with Gasteiger partial charge in [0, 0.05) is 31.1 Å². The van der Waals surface area contributed by atoms with Gasteiger partial charge < -0.3 is 123 Å². The highest BCUT2D eigenvalue weighted by atomic mass is 33.1. The maximum absolute atomic E-state index is 14.0. The number of aliphatic imine (C=N–C) groups is 2. The van der Waals surface area contributed by atoms with Crippen molar-refractivity contribution in [2.45, 2.75) is 144 Å². The first-order valence-corrected chi connectivity index (χ1v) is 30.2. The predicted molar refractivity (Wildman–Crippen MR) is 323 cm³/mol. The molecule has 0 aromatic heterocycles. The van der Waals surface area contributed by atoms with Gasteiger partial charge in [0.2, 0.25) is 53.2 Å². The number of amides is 10. The van der Waals surface area contributed by atoms with Crippen LogP contribution < -0.4 is 93.5 Å². The molecular weight excluding hydrogens is 1310 g/mol. The number of carbonyl (C=O) groups is 17. The Bertz CT molecular complexity index is 2760. The van der Waals surface area contributed by atoms with E-state index in [1.54, 1.807) is 5.43 Å². The molecule has 0 heterocycles.